The lowest BCUT2D eigenvalue weighted by Crippen LogP contribution is -2.50. The highest BCUT2D eigenvalue weighted by Gasteiger charge is 2.45. The van der Waals surface area contributed by atoms with E-state index in [9.17, 15) is 19.2 Å². The van der Waals surface area contributed by atoms with Crippen LogP contribution in [0.4, 0.5) is 0 Å². The Balaban J connectivity index is 0.000000208. The van der Waals surface area contributed by atoms with Crippen molar-refractivity contribution in [2.24, 2.45) is 17.6 Å². The second kappa shape index (κ2) is 22.4. The highest BCUT2D eigenvalue weighted by Crippen LogP contribution is 2.44. The zero-order chi connectivity index (χ0) is 38.5. The maximum atomic E-state index is 13.1. The number of carbonyl (C=O) groups is 4. The van der Waals surface area contributed by atoms with E-state index in [1.807, 2.05) is 48.5 Å². The van der Waals surface area contributed by atoms with Gasteiger partial charge < -0.3 is 10.8 Å². The van der Waals surface area contributed by atoms with Crippen LogP contribution >= 0.6 is 66.4 Å². The Hall–Kier alpha value is -1.58. The Morgan fingerprint density at radius 2 is 1.13 bits per heavy atom. The number of halogens is 2. The number of hydrogen-bond donors (Lipinski definition) is 2. The lowest BCUT2D eigenvalue weighted by molar-refractivity contribution is -0.125. The van der Waals surface area contributed by atoms with Crippen LogP contribution in [0.2, 0.25) is 10.0 Å². The van der Waals surface area contributed by atoms with E-state index in [0.29, 0.717) is 35.4 Å². The summed E-state index contributed by atoms with van der Waals surface area (Å²) < 4.78 is 0. The number of Topliss-reactive ketones (excluding diaryl/α,β-unsaturated/α-hetero) is 2. The van der Waals surface area contributed by atoms with Gasteiger partial charge in [-0.25, -0.2) is 0 Å². The number of hydrogen-bond acceptors (Lipinski definition) is 12. The van der Waals surface area contributed by atoms with E-state index < -0.39 is 0 Å². The molecule has 3 N–H and O–H groups in total. The number of aliphatic hydroxyl groups excluding tert-OH is 1. The van der Waals surface area contributed by atoms with Crippen LogP contribution in [0.25, 0.3) is 0 Å². The summed E-state index contributed by atoms with van der Waals surface area (Å²) in [6.07, 6.45) is 10.4. The molecule has 0 aromatic heterocycles. The lowest BCUT2D eigenvalue weighted by atomic mass is 9.89. The number of allylic oxidation sites excluding steroid dienone is 2. The van der Waals surface area contributed by atoms with E-state index in [1.54, 1.807) is 55.3 Å². The van der Waals surface area contributed by atoms with Crippen LogP contribution in [0.1, 0.15) is 49.7 Å². The van der Waals surface area contributed by atoms with Gasteiger partial charge in [0.15, 0.2) is 11.6 Å². The number of rotatable bonds is 18. The van der Waals surface area contributed by atoms with E-state index in [0.717, 1.165) is 92.2 Å². The SMILES string of the molecule is NCCSSC1CCN(Cc2ccccc2Cl)C(C(=O)C2CC2)/C1=C/C=O.O=C/C=C1\C(SSCCO)CCN(Cc2ccccc2Cl)C1C(=O)C1CC1. The van der Waals surface area contributed by atoms with Crippen molar-refractivity contribution in [1.82, 2.24) is 9.80 Å². The lowest BCUT2D eigenvalue weighted by Gasteiger charge is -2.40. The van der Waals surface area contributed by atoms with Crippen LogP contribution in [-0.2, 0) is 32.3 Å². The van der Waals surface area contributed by atoms with Gasteiger partial charge in [-0.15, -0.1) is 0 Å². The molecule has 292 valence electrons. The van der Waals surface area contributed by atoms with Crippen molar-refractivity contribution in [3.05, 3.63) is 93.0 Å². The average Bonchev–Trinajstić information content (AvgIpc) is 4.10. The molecule has 4 unspecified atom stereocenters. The fraction of sp³-hybridized carbons (Fsp3) is 0.500. The van der Waals surface area contributed by atoms with Gasteiger partial charge in [0, 0.05) is 76.6 Å². The van der Waals surface area contributed by atoms with Crippen LogP contribution in [0.15, 0.2) is 71.8 Å². The summed E-state index contributed by atoms with van der Waals surface area (Å²) in [6, 6.07) is 14.8. The molecule has 2 aliphatic heterocycles. The topological polar surface area (TPSA) is 121 Å². The number of piperidine rings is 2. The zero-order valence-electron chi connectivity index (χ0n) is 30.2. The quantitative estimate of drug-likeness (QED) is 0.0670. The normalized spacial score (nSPS) is 24.9. The van der Waals surface area contributed by atoms with Crippen molar-refractivity contribution >= 4 is 90.5 Å². The molecule has 0 bridgehead atoms. The number of benzene rings is 2. The molecule has 8 nitrogen and oxygen atoms in total. The maximum absolute atomic E-state index is 13.1. The number of likely N-dealkylation sites (tertiary alicyclic amines) is 2. The molecule has 14 heteroatoms. The summed E-state index contributed by atoms with van der Waals surface area (Å²) in [6.45, 7) is 3.56. The third kappa shape index (κ3) is 12.2. The minimum absolute atomic E-state index is 0.113. The van der Waals surface area contributed by atoms with E-state index >= 15 is 0 Å². The standard InChI is InChI=1S/C20H25ClN2O2S2.C20H24ClNO3S2/c21-17-4-2-1-3-15(17)13-23-10-7-18(27-26-12-9-22)16(8-11-24)19(23)20(25)14-5-6-14;21-17-4-2-1-3-15(17)13-22-9-7-18(27-26-12-11-24)16(8-10-23)19(22)20(25)14-5-6-14/h1-4,8,11,14,18-19H,5-7,9-10,12-13,22H2;1-4,8,10,14,18-19,24H,5-7,9,11-13H2/b2*16-8+. The molecule has 2 heterocycles. The molecule has 2 saturated heterocycles. The molecule has 2 aromatic rings. The van der Waals surface area contributed by atoms with Gasteiger partial charge in [0.2, 0.25) is 0 Å². The molecule has 2 aromatic carbocycles. The number of nitrogens with zero attached hydrogens (tertiary/aromatic N) is 2. The molecule has 0 spiro atoms. The molecule has 4 fully saturated rings. The molecule has 6 rings (SSSR count). The molecule has 4 aliphatic rings. The Bertz CT molecular complexity index is 1540. The Morgan fingerprint density at radius 1 is 0.704 bits per heavy atom. The van der Waals surface area contributed by atoms with Gasteiger partial charge in [0.25, 0.3) is 0 Å². The first-order valence-corrected chi connectivity index (χ1v) is 24.0. The first-order chi connectivity index (χ1) is 26.3. The third-order valence-electron chi connectivity index (χ3n) is 9.89. The Kier molecular flexibility index (Phi) is 18.0. The second-order valence-corrected chi connectivity index (χ2v) is 20.0. The molecular formula is C40H49Cl2N3O5S4. The van der Waals surface area contributed by atoms with Gasteiger partial charge >= 0.3 is 0 Å². The van der Waals surface area contributed by atoms with Crippen LogP contribution in [0, 0.1) is 11.8 Å². The highest BCUT2D eigenvalue weighted by atomic mass is 35.5. The summed E-state index contributed by atoms with van der Waals surface area (Å²) in [5, 5.41) is 10.7. The minimum Gasteiger partial charge on any atom is -0.395 e. The number of nitrogens with two attached hydrogens (primary N) is 1. The molecule has 0 radical (unpaired) electrons. The summed E-state index contributed by atoms with van der Waals surface area (Å²) >= 11 is 12.7. The van der Waals surface area contributed by atoms with Gasteiger partial charge in [0.05, 0.1) is 18.7 Å². The summed E-state index contributed by atoms with van der Waals surface area (Å²) in [5.74, 6) is 2.24. The van der Waals surface area contributed by atoms with Gasteiger partial charge in [-0.05, 0) is 85.1 Å². The fourth-order valence-corrected chi connectivity index (χ4v) is 12.4. The third-order valence-corrected chi connectivity index (χ3v) is 16.3. The largest absolute Gasteiger partial charge is 0.395 e. The molecule has 2 saturated carbocycles. The van der Waals surface area contributed by atoms with E-state index in [4.69, 9.17) is 34.0 Å². The summed E-state index contributed by atoms with van der Waals surface area (Å²) in [5.41, 5.74) is 9.46. The summed E-state index contributed by atoms with van der Waals surface area (Å²) in [4.78, 5) is 53.3. The van der Waals surface area contributed by atoms with Crippen molar-refractivity contribution in [3.8, 4) is 0 Å². The molecular weight excluding hydrogens is 802 g/mol. The number of carbonyl (C=O) groups excluding carboxylic acids is 4. The number of aliphatic hydroxyl groups is 1. The first kappa shape index (κ1) is 43.5. The van der Waals surface area contributed by atoms with E-state index in [1.165, 1.54) is 0 Å². The van der Waals surface area contributed by atoms with Gasteiger partial charge in [-0.3, -0.25) is 29.0 Å². The average molecular weight is 851 g/mol. The minimum atomic E-state index is -0.361. The van der Waals surface area contributed by atoms with Crippen LogP contribution < -0.4 is 5.73 Å². The highest BCUT2D eigenvalue weighted by molar-refractivity contribution is 8.77. The second-order valence-electron chi connectivity index (χ2n) is 13.8. The molecule has 54 heavy (non-hydrogen) atoms. The number of ketones is 2. The van der Waals surface area contributed by atoms with Gasteiger partial charge in [0.1, 0.15) is 12.6 Å². The molecule has 4 atom stereocenters. The fourth-order valence-electron chi connectivity index (χ4n) is 6.94. The monoisotopic (exact) mass is 849 g/mol. The zero-order valence-corrected chi connectivity index (χ0v) is 35.0. The van der Waals surface area contributed by atoms with Crippen LogP contribution in [0.3, 0.4) is 0 Å². The molecule has 2 aliphatic carbocycles. The van der Waals surface area contributed by atoms with Crippen molar-refractivity contribution < 1.29 is 24.3 Å². The van der Waals surface area contributed by atoms with Crippen LogP contribution in [-0.4, -0.2) is 99.4 Å². The predicted octanol–water partition coefficient (Wildman–Crippen LogP) is 7.49. The smallest absolute Gasteiger partial charge is 0.157 e. The van der Waals surface area contributed by atoms with Crippen molar-refractivity contribution in [2.45, 2.75) is 74.2 Å². The van der Waals surface area contributed by atoms with E-state index in [-0.39, 0.29) is 52.6 Å². The Labute approximate surface area is 345 Å². The molecule has 0 amide bonds. The predicted molar refractivity (Wildman–Crippen MR) is 228 cm³/mol. The first-order valence-electron chi connectivity index (χ1n) is 18.5. The van der Waals surface area contributed by atoms with Crippen LogP contribution in [0.5, 0.6) is 0 Å². The number of aldehydes is 2. The maximum Gasteiger partial charge on any atom is 0.157 e. The van der Waals surface area contributed by atoms with Gasteiger partial charge in [-0.2, -0.15) is 0 Å². The van der Waals surface area contributed by atoms with Crippen molar-refractivity contribution in [3.63, 3.8) is 0 Å². The van der Waals surface area contributed by atoms with Crippen molar-refractivity contribution in [1.29, 1.82) is 0 Å². The van der Waals surface area contributed by atoms with Crippen molar-refractivity contribution in [2.75, 3.05) is 37.7 Å². The van der Waals surface area contributed by atoms with Gasteiger partial charge in [-0.1, -0.05) is 103 Å². The van der Waals surface area contributed by atoms with E-state index in [2.05, 4.69) is 9.80 Å². The Morgan fingerprint density at radius 3 is 1.50 bits per heavy atom. The summed E-state index contributed by atoms with van der Waals surface area (Å²) in [7, 11) is 6.71.